The molecule has 0 saturated carbocycles. The van der Waals surface area contributed by atoms with Gasteiger partial charge in [0.05, 0.1) is 6.42 Å². The Balaban J connectivity index is 2.63. The van der Waals surface area contributed by atoms with E-state index < -0.39 is 5.97 Å². The van der Waals surface area contributed by atoms with Gasteiger partial charge in [-0.25, -0.2) is 0 Å². The first-order valence-electron chi connectivity index (χ1n) is 3.37. The van der Waals surface area contributed by atoms with E-state index in [1.807, 2.05) is 0 Å². The van der Waals surface area contributed by atoms with Crippen LogP contribution in [0.5, 0.6) is 0 Å². The highest BCUT2D eigenvalue weighted by molar-refractivity contribution is 6.28. The Morgan fingerprint density at radius 3 is 2.75 bits per heavy atom. The Kier molecular flexibility index (Phi) is 2.65. The molecule has 0 aliphatic carbocycles. The zero-order valence-electron chi connectivity index (χ0n) is 6.49. The number of carbonyl (C=O) groups is 1. The molecule has 0 spiro atoms. The van der Waals surface area contributed by atoms with Gasteiger partial charge >= 0.3 is 5.97 Å². The maximum Gasteiger partial charge on any atom is 0.303 e. The monoisotopic (exact) mass is 189 g/mol. The first-order chi connectivity index (χ1) is 5.61. The number of carboxylic acids is 1. The molecule has 6 heteroatoms. The van der Waals surface area contributed by atoms with Gasteiger partial charge in [0.25, 0.3) is 0 Å². The summed E-state index contributed by atoms with van der Waals surface area (Å²) < 4.78 is 1.56. The molecule has 1 N–H and O–H groups in total. The second-order valence-electron chi connectivity index (χ2n) is 2.34. The molecular formula is C6H8ClN3O2. The van der Waals surface area contributed by atoms with Crippen LogP contribution in [0.3, 0.4) is 0 Å². The maximum absolute atomic E-state index is 10.2. The molecule has 1 rings (SSSR count). The van der Waals surface area contributed by atoms with Crippen LogP contribution in [0, 0.1) is 0 Å². The number of aliphatic carboxylic acids is 1. The van der Waals surface area contributed by atoms with Crippen LogP contribution in [-0.2, 0) is 18.3 Å². The van der Waals surface area contributed by atoms with Crippen molar-refractivity contribution in [3.63, 3.8) is 0 Å². The van der Waals surface area contributed by atoms with Crippen LogP contribution in [0.1, 0.15) is 12.2 Å². The largest absolute Gasteiger partial charge is 0.481 e. The van der Waals surface area contributed by atoms with E-state index in [4.69, 9.17) is 16.7 Å². The van der Waals surface area contributed by atoms with Gasteiger partial charge in [0.15, 0.2) is 0 Å². The Labute approximate surface area is 74.0 Å². The van der Waals surface area contributed by atoms with Crippen molar-refractivity contribution in [3.05, 3.63) is 11.1 Å². The van der Waals surface area contributed by atoms with E-state index in [1.165, 1.54) is 0 Å². The van der Waals surface area contributed by atoms with E-state index in [-0.39, 0.29) is 11.7 Å². The number of rotatable bonds is 3. The molecule has 0 radical (unpaired) electrons. The maximum atomic E-state index is 10.2. The molecule has 1 aromatic rings. The van der Waals surface area contributed by atoms with Gasteiger partial charge in [-0.15, -0.1) is 10.2 Å². The molecule has 12 heavy (non-hydrogen) atoms. The van der Waals surface area contributed by atoms with E-state index in [9.17, 15) is 4.79 Å². The van der Waals surface area contributed by atoms with Gasteiger partial charge in [-0.2, -0.15) is 0 Å². The molecule has 0 atom stereocenters. The number of nitrogens with zero attached hydrogens (tertiary/aromatic N) is 3. The fraction of sp³-hybridized carbons (Fsp3) is 0.500. The van der Waals surface area contributed by atoms with Gasteiger partial charge < -0.3 is 9.67 Å². The lowest BCUT2D eigenvalue weighted by molar-refractivity contribution is -0.137. The van der Waals surface area contributed by atoms with E-state index in [2.05, 4.69) is 10.2 Å². The first kappa shape index (κ1) is 8.99. The molecule has 0 aliphatic rings. The number of aromatic nitrogens is 3. The summed E-state index contributed by atoms with van der Waals surface area (Å²) in [6.07, 6.45) is 0.397. The third-order valence-electron chi connectivity index (χ3n) is 1.47. The van der Waals surface area contributed by atoms with Crippen LogP contribution in [0.4, 0.5) is 0 Å². The Hall–Kier alpha value is -1.10. The van der Waals surface area contributed by atoms with Crippen molar-refractivity contribution in [2.75, 3.05) is 0 Å². The lowest BCUT2D eigenvalue weighted by Gasteiger charge is -1.96. The quantitative estimate of drug-likeness (QED) is 0.751. The van der Waals surface area contributed by atoms with Crippen molar-refractivity contribution in [1.29, 1.82) is 0 Å². The minimum atomic E-state index is -0.853. The Morgan fingerprint density at radius 2 is 2.33 bits per heavy atom. The van der Waals surface area contributed by atoms with Crippen LogP contribution in [0.25, 0.3) is 0 Å². The minimum Gasteiger partial charge on any atom is -0.481 e. The number of halogens is 1. The van der Waals surface area contributed by atoms with Crippen LogP contribution in [0.2, 0.25) is 5.28 Å². The predicted octanol–water partition coefficient (Wildman–Crippen LogP) is 0.486. The summed E-state index contributed by atoms with van der Waals surface area (Å²) in [6, 6.07) is 0. The number of carboxylic acid groups (broad SMARTS) is 1. The van der Waals surface area contributed by atoms with E-state index in [0.29, 0.717) is 12.2 Å². The van der Waals surface area contributed by atoms with Crippen LogP contribution < -0.4 is 0 Å². The summed E-state index contributed by atoms with van der Waals surface area (Å²) in [5, 5.41) is 15.9. The van der Waals surface area contributed by atoms with Crippen molar-refractivity contribution in [3.8, 4) is 0 Å². The standard InChI is InChI=1S/C6H8ClN3O2/c1-10-4(2-3-5(11)12)8-9-6(10)7/h2-3H2,1H3,(H,11,12). The molecule has 0 aromatic carbocycles. The van der Waals surface area contributed by atoms with Gasteiger partial charge in [0.2, 0.25) is 5.28 Å². The summed E-state index contributed by atoms with van der Waals surface area (Å²) in [5.41, 5.74) is 0. The number of aryl methyl sites for hydroxylation is 1. The van der Waals surface area contributed by atoms with Gasteiger partial charge in [-0.05, 0) is 11.6 Å². The van der Waals surface area contributed by atoms with Crippen LogP contribution >= 0.6 is 11.6 Å². The highest BCUT2D eigenvalue weighted by Crippen LogP contribution is 2.06. The van der Waals surface area contributed by atoms with Crippen molar-refractivity contribution < 1.29 is 9.90 Å². The lowest BCUT2D eigenvalue weighted by Crippen LogP contribution is -2.03. The van der Waals surface area contributed by atoms with Crippen LogP contribution in [-0.4, -0.2) is 25.8 Å². The zero-order valence-corrected chi connectivity index (χ0v) is 7.25. The topological polar surface area (TPSA) is 68.0 Å². The molecule has 0 unspecified atom stereocenters. The summed E-state index contributed by atoms with van der Waals surface area (Å²) in [6.45, 7) is 0. The molecule has 1 heterocycles. The third-order valence-corrected chi connectivity index (χ3v) is 1.80. The third kappa shape index (κ3) is 1.94. The van der Waals surface area contributed by atoms with Crippen molar-refractivity contribution in [1.82, 2.24) is 14.8 Å². The second-order valence-corrected chi connectivity index (χ2v) is 2.68. The smallest absolute Gasteiger partial charge is 0.303 e. The van der Waals surface area contributed by atoms with Crippen molar-refractivity contribution in [2.24, 2.45) is 7.05 Å². The fourth-order valence-corrected chi connectivity index (χ4v) is 0.911. The number of hydrogen-bond donors (Lipinski definition) is 1. The SMILES string of the molecule is Cn1c(Cl)nnc1CCC(=O)O. The van der Waals surface area contributed by atoms with Crippen LogP contribution in [0.15, 0.2) is 0 Å². The lowest BCUT2D eigenvalue weighted by atomic mass is 10.3. The molecular weight excluding hydrogens is 182 g/mol. The number of hydrogen-bond acceptors (Lipinski definition) is 3. The molecule has 66 valence electrons. The summed E-state index contributed by atoms with van der Waals surface area (Å²) >= 11 is 5.59. The molecule has 0 aliphatic heterocycles. The highest BCUT2D eigenvalue weighted by Gasteiger charge is 2.07. The van der Waals surface area contributed by atoms with Gasteiger partial charge in [0, 0.05) is 13.5 Å². The molecule has 5 nitrogen and oxygen atoms in total. The normalized spacial score (nSPS) is 10.2. The average molecular weight is 190 g/mol. The van der Waals surface area contributed by atoms with E-state index in [0.717, 1.165) is 0 Å². The second kappa shape index (κ2) is 3.53. The Morgan fingerprint density at radius 1 is 1.67 bits per heavy atom. The molecule has 0 saturated heterocycles. The predicted molar refractivity (Wildman–Crippen MR) is 42.0 cm³/mol. The van der Waals surface area contributed by atoms with Gasteiger partial charge in [-0.3, -0.25) is 4.79 Å². The van der Waals surface area contributed by atoms with E-state index in [1.54, 1.807) is 11.6 Å². The molecule has 0 bridgehead atoms. The summed E-state index contributed by atoms with van der Waals surface area (Å²) in [5.74, 6) is -0.267. The molecule has 0 amide bonds. The highest BCUT2D eigenvalue weighted by atomic mass is 35.5. The summed E-state index contributed by atoms with van der Waals surface area (Å²) in [4.78, 5) is 10.2. The van der Waals surface area contributed by atoms with Crippen molar-refractivity contribution in [2.45, 2.75) is 12.8 Å². The minimum absolute atomic E-state index is 0.0445. The summed E-state index contributed by atoms with van der Waals surface area (Å²) in [7, 11) is 1.69. The van der Waals surface area contributed by atoms with Gasteiger partial charge in [-0.1, -0.05) is 0 Å². The van der Waals surface area contributed by atoms with Gasteiger partial charge in [0.1, 0.15) is 5.82 Å². The van der Waals surface area contributed by atoms with Crippen molar-refractivity contribution >= 4 is 17.6 Å². The molecule has 0 fully saturated rings. The average Bonchev–Trinajstić information content (AvgIpc) is 2.30. The Bertz CT molecular complexity index is 297. The molecule has 1 aromatic heterocycles. The fourth-order valence-electron chi connectivity index (χ4n) is 0.776. The van der Waals surface area contributed by atoms with E-state index >= 15 is 0 Å². The first-order valence-corrected chi connectivity index (χ1v) is 3.74. The zero-order chi connectivity index (χ0) is 9.14.